The molecule has 0 bridgehead atoms. The molecule has 0 saturated carbocycles. The van der Waals surface area contributed by atoms with Gasteiger partial charge in [-0.2, -0.15) is 0 Å². The van der Waals surface area contributed by atoms with E-state index in [9.17, 15) is 14.0 Å². The van der Waals surface area contributed by atoms with Gasteiger partial charge in [0.05, 0.1) is 18.4 Å². The molecule has 0 aromatic heterocycles. The van der Waals surface area contributed by atoms with Gasteiger partial charge in [0, 0.05) is 38.9 Å². The molecule has 2 aliphatic heterocycles. The molecule has 1 aromatic rings. The van der Waals surface area contributed by atoms with Crippen LogP contribution in [0.1, 0.15) is 31.2 Å². The zero-order valence-electron chi connectivity index (χ0n) is 14.7. The number of nitrogens with zero attached hydrogens (tertiary/aromatic N) is 2. The van der Waals surface area contributed by atoms with Crippen molar-refractivity contribution in [3.8, 4) is 0 Å². The van der Waals surface area contributed by atoms with Crippen LogP contribution >= 0.6 is 0 Å². The number of likely N-dealkylation sites (tertiary alicyclic amines) is 2. The average Bonchev–Trinajstić information content (AvgIpc) is 3.04. The Balaban J connectivity index is 1.68. The summed E-state index contributed by atoms with van der Waals surface area (Å²) < 4.78 is 18.9. The second-order valence-corrected chi connectivity index (χ2v) is 7.01. The predicted molar refractivity (Wildman–Crippen MR) is 91.2 cm³/mol. The van der Waals surface area contributed by atoms with Gasteiger partial charge in [-0.05, 0) is 25.3 Å². The van der Waals surface area contributed by atoms with Crippen LogP contribution < -0.4 is 0 Å². The number of ether oxygens (including phenoxy) is 1. The summed E-state index contributed by atoms with van der Waals surface area (Å²) in [5, 5.41) is 0. The molecule has 6 heteroatoms. The Bertz CT molecular complexity index is 651. The van der Waals surface area contributed by atoms with Crippen molar-refractivity contribution in [3.05, 3.63) is 35.6 Å². The summed E-state index contributed by atoms with van der Waals surface area (Å²) >= 11 is 0. The van der Waals surface area contributed by atoms with E-state index in [2.05, 4.69) is 0 Å². The zero-order chi connectivity index (χ0) is 17.9. The fourth-order valence-electron chi connectivity index (χ4n) is 3.95. The van der Waals surface area contributed by atoms with Crippen molar-refractivity contribution < 1.29 is 18.7 Å². The van der Waals surface area contributed by atoms with Crippen molar-refractivity contribution in [2.45, 2.75) is 32.2 Å². The number of methoxy groups -OCH3 is 1. The fraction of sp³-hybridized carbons (Fsp3) is 0.579. The molecule has 1 atom stereocenters. The van der Waals surface area contributed by atoms with E-state index >= 15 is 0 Å². The summed E-state index contributed by atoms with van der Waals surface area (Å²) in [5.74, 6) is -0.181. The van der Waals surface area contributed by atoms with Crippen LogP contribution in [-0.4, -0.2) is 55.0 Å². The molecule has 2 fully saturated rings. The normalized spacial score (nSPS) is 23.5. The third kappa shape index (κ3) is 3.68. The molecule has 136 valence electrons. The highest BCUT2D eigenvalue weighted by Crippen LogP contribution is 2.40. The van der Waals surface area contributed by atoms with Gasteiger partial charge in [-0.1, -0.05) is 18.2 Å². The van der Waals surface area contributed by atoms with Gasteiger partial charge in [0.25, 0.3) is 0 Å². The predicted octanol–water partition coefficient (Wildman–Crippen LogP) is 2.20. The summed E-state index contributed by atoms with van der Waals surface area (Å²) in [6.07, 6.45) is 2.73. The van der Waals surface area contributed by atoms with E-state index in [1.807, 2.05) is 0 Å². The highest BCUT2D eigenvalue weighted by molar-refractivity contribution is 5.86. The number of hydrogen-bond donors (Lipinski definition) is 0. The van der Waals surface area contributed by atoms with Crippen molar-refractivity contribution in [3.63, 3.8) is 0 Å². The number of carbonyl (C=O) groups excluding carboxylic acids is 2. The van der Waals surface area contributed by atoms with Crippen LogP contribution in [-0.2, 0) is 20.9 Å². The van der Waals surface area contributed by atoms with E-state index in [0.29, 0.717) is 51.2 Å². The van der Waals surface area contributed by atoms with Crippen molar-refractivity contribution >= 4 is 11.8 Å². The van der Waals surface area contributed by atoms with Crippen LogP contribution in [0.2, 0.25) is 0 Å². The van der Waals surface area contributed by atoms with Gasteiger partial charge in [-0.25, -0.2) is 4.39 Å². The van der Waals surface area contributed by atoms with Crippen molar-refractivity contribution in [1.82, 2.24) is 9.80 Å². The topological polar surface area (TPSA) is 49.9 Å². The Morgan fingerprint density at radius 1 is 1.28 bits per heavy atom. The number of amides is 2. The molecule has 2 saturated heterocycles. The molecule has 3 rings (SSSR count). The molecule has 2 heterocycles. The lowest BCUT2D eigenvalue weighted by Crippen LogP contribution is -2.50. The van der Waals surface area contributed by atoms with Crippen LogP contribution in [0.4, 0.5) is 4.39 Å². The Morgan fingerprint density at radius 2 is 2.08 bits per heavy atom. The lowest BCUT2D eigenvalue weighted by Gasteiger charge is -2.39. The standard InChI is InChI=1S/C19H25FN2O3/c1-25-12-7-17(23)22-11-9-19(14-22)8-4-10-21(18(19)24)13-15-5-2-3-6-16(15)20/h2-3,5-6H,4,7-14H2,1H3/t19-/m0/s1. The largest absolute Gasteiger partial charge is 0.384 e. The van der Waals surface area contributed by atoms with E-state index in [4.69, 9.17) is 4.74 Å². The first kappa shape index (κ1) is 17.9. The molecule has 0 radical (unpaired) electrons. The van der Waals surface area contributed by atoms with Crippen molar-refractivity contribution in [2.24, 2.45) is 5.41 Å². The first-order valence-corrected chi connectivity index (χ1v) is 8.85. The van der Waals surface area contributed by atoms with Gasteiger partial charge in [-0.3, -0.25) is 9.59 Å². The molecule has 2 amide bonds. The summed E-state index contributed by atoms with van der Waals surface area (Å²) in [5.41, 5.74) is 0.0469. The van der Waals surface area contributed by atoms with Gasteiger partial charge < -0.3 is 14.5 Å². The first-order valence-electron chi connectivity index (χ1n) is 8.85. The Morgan fingerprint density at radius 3 is 2.84 bits per heavy atom. The summed E-state index contributed by atoms with van der Waals surface area (Å²) in [7, 11) is 1.57. The quantitative estimate of drug-likeness (QED) is 0.820. The SMILES string of the molecule is COCCC(=O)N1CC[C@@]2(CCCN(Cc3ccccc3F)C2=O)C1. The van der Waals surface area contributed by atoms with Crippen LogP contribution in [0.5, 0.6) is 0 Å². The number of halogens is 1. The number of rotatable bonds is 5. The monoisotopic (exact) mass is 348 g/mol. The molecular formula is C19H25FN2O3. The molecular weight excluding hydrogens is 323 g/mol. The molecule has 1 spiro atoms. The van der Waals surface area contributed by atoms with E-state index < -0.39 is 5.41 Å². The maximum Gasteiger partial charge on any atom is 0.230 e. The number of hydrogen-bond acceptors (Lipinski definition) is 3. The maximum absolute atomic E-state index is 13.9. The van der Waals surface area contributed by atoms with E-state index in [1.165, 1.54) is 6.07 Å². The second kappa shape index (κ2) is 7.52. The summed E-state index contributed by atoms with van der Waals surface area (Å²) in [4.78, 5) is 28.9. The third-order valence-electron chi connectivity index (χ3n) is 5.37. The Labute approximate surface area is 147 Å². The lowest BCUT2D eigenvalue weighted by atomic mass is 9.78. The van der Waals surface area contributed by atoms with Gasteiger partial charge in [-0.15, -0.1) is 0 Å². The molecule has 0 aliphatic carbocycles. The zero-order valence-corrected chi connectivity index (χ0v) is 14.7. The van der Waals surface area contributed by atoms with Gasteiger partial charge in [0.2, 0.25) is 11.8 Å². The number of carbonyl (C=O) groups is 2. The third-order valence-corrected chi connectivity index (χ3v) is 5.37. The lowest BCUT2D eigenvalue weighted by molar-refractivity contribution is -0.147. The van der Waals surface area contributed by atoms with E-state index in [-0.39, 0.29) is 17.6 Å². The van der Waals surface area contributed by atoms with Crippen LogP contribution in [0, 0.1) is 11.2 Å². The molecule has 1 aromatic carbocycles. The second-order valence-electron chi connectivity index (χ2n) is 7.01. The fourth-order valence-corrected chi connectivity index (χ4v) is 3.95. The minimum atomic E-state index is -0.494. The van der Waals surface area contributed by atoms with E-state index in [1.54, 1.807) is 35.1 Å². The van der Waals surface area contributed by atoms with Crippen molar-refractivity contribution in [1.29, 1.82) is 0 Å². The number of benzene rings is 1. The van der Waals surface area contributed by atoms with Gasteiger partial charge in [0.15, 0.2) is 0 Å². The molecule has 25 heavy (non-hydrogen) atoms. The highest BCUT2D eigenvalue weighted by atomic mass is 19.1. The summed E-state index contributed by atoms with van der Waals surface area (Å²) in [6.45, 7) is 2.43. The Hall–Kier alpha value is -1.95. The minimum Gasteiger partial charge on any atom is -0.384 e. The smallest absolute Gasteiger partial charge is 0.230 e. The van der Waals surface area contributed by atoms with E-state index in [0.717, 1.165) is 12.8 Å². The Kier molecular flexibility index (Phi) is 5.37. The minimum absolute atomic E-state index is 0.0396. The molecule has 0 N–H and O–H groups in total. The van der Waals surface area contributed by atoms with Crippen LogP contribution in [0.15, 0.2) is 24.3 Å². The van der Waals surface area contributed by atoms with Crippen LogP contribution in [0.3, 0.4) is 0 Å². The van der Waals surface area contributed by atoms with Gasteiger partial charge in [0.1, 0.15) is 5.82 Å². The first-order chi connectivity index (χ1) is 12.1. The molecule has 5 nitrogen and oxygen atoms in total. The number of piperidine rings is 1. The maximum atomic E-state index is 13.9. The summed E-state index contributed by atoms with van der Waals surface area (Å²) in [6, 6.07) is 6.58. The average molecular weight is 348 g/mol. The molecule has 2 aliphatic rings. The van der Waals surface area contributed by atoms with Crippen molar-refractivity contribution in [2.75, 3.05) is 33.4 Å². The highest BCUT2D eigenvalue weighted by Gasteiger charge is 2.49. The van der Waals surface area contributed by atoms with Crippen LogP contribution in [0.25, 0.3) is 0 Å². The molecule has 0 unspecified atom stereocenters. The van der Waals surface area contributed by atoms with Gasteiger partial charge >= 0.3 is 0 Å².